The highest BCUT2D eigenvalue weighted by Gasteiger charge is 2.36. The molecule has 2 heterocycles. The first-order chi connectivity index (χ1) is 12.8. The molecule has 1 aromatic rings. The second-order valence-electron chi connectivity index (χ2n) is 7.16. The molecule has 3 rings (SSSR count). The number of rotatable bonds is 4. The number of amides is 2. The minimum atomic E-state index is -3.65. The summed E-state index contributed by atoms with van der Waals surface area (Å²) < 4.78 is 27.2. The van der Waals surface area contributed by atoms with Crippen LogP contribution in [0.15, 0.2) is 28.0 Å². The van der Waals surface area contributed by atoms with E-state index in [1.54, 1.807) is 24.8 Å². The highest BCUT2D eigenvalue weighted by atomic mass is 32.2. The molecular formula is C18H25N3O4S2. The van der Waals surface area contributed by atoms with Crippen LogP contribution in [0.4, 0.5) is 5.69 Å². The Morgan fingerprint density at radius 2 is 1.89 bits per heavy atom. The molecule has 9 heteroatoms. The maximum atomic E-state index is 12.8. The summed E-state index contributed by atoms with van der Waals surface area (Å²) in [4.78, 5) is 27.9. The molecule has 0 radical (unpaired) electrons. The molecule has 27 heavy (non-hydrogen) atoms. The van der Waals surface area contributed by atoms with Gasteiger partial charge in [-0.05, 0) is 44.9 Å². The number of sulfonamides is 1. The minimum Gasteiger partial charge on any atom is -0.341 e. The van der Waals surface area contributed by atoms with Gasteiger partial charge >= 0.3 is 0 Å². The van der Waals surface area contributed by atoms with Crippen LogP contribution in [0.3, 0.4) is 0 Å². The van der Waals surface area contributed by atoms with Crippen molar-refractivity contribution in [1.29, 1.82) is 0 Å². The van der Waals surface area contributed by atoms with Crippen molar-refractivity contribution in [3.8, 4) is 0 Å². The standard InChI is InChI=1S/C18H25N3O4S2/c1-12(2)20-27(24,25)13-7-8-15-14(11-13)19-17(22)16(26-15)18(23)21-9-5-3-4-6-10-21/h7-8,11-12,16,20H,3-6,9-10H2,1-2H3,(H,19,22)/t16-/m1/s1. The van der Waals surface area contributed by atoms with Crippen molar-refractivity contribution in [2.24, 2.45) is 0 Å². The number of nitrogens with one attached hydrogen (secondary N) is 2. The largest absolute Gasteiger partial charge is 0.341 e. The molecule has 7 nitrogen and oxygen atoms in total. The quantitative estimate of drug-likeness (QED) is 0.741. The summed E-state index contributed by atoms with van der Waals surface area (Å²) in [6.07, 6.45) is 4.15. The molecule has 1 fully saturated rings. The van der Waals surface area contributed by atoms with Crippen molar-refractivity contribution < 1.29 is 18.0 Å². The van der Waals surface area contributed by atoms with E-state index in [-0.39, 0.29) is 16.8 Å². The maximum absolute atomic E-state index is 12.8. The average Bonchev–Trinajstić information content (AvgIpc) is 2.88. The van der Waals surface area contributed by atoms with Crippen molar-refractivity contribution >= 4 is 39.3 Å². The van der Waals surface area contributed by atoms with Gasteiger partial charge in [-0.1, -0.05) is 12.8 Å². The van der Waals surface area contributed by atoms with E-state index < -0.39 is 21.2 Å². The molecule has 2 N–H and O–H groups in total. The number of hydrogen-bond acceptors (Lipinski definition) is 5. The van der Waals surface area contributed by atoms with Crippen LogP contribution < -0.4 is 10.0 Å². The molecule has 0 saturated carbocycles. The molecule has 1 aromatic carbocycles. The number of carbonyl (C=O) groups is 2. The SMILES string of the molecule is CC(C)NS(=O)(=O)c1ccc2c(c1)NC(=O)[C@H](C(=O)N1CCCCCC1)S2. The number of thioether (sulfide) groups is 1. The molecule has 1 atom stereocenters. The summed E-state index contributed by atoms with van der Waals surface area (Å²) in [6.45, 7) is 4.86. The third-order valence-corrected chi connectivity index (χ3v) is 7.45. The second-order valence-corrected chi connectivity index (χ2v) is 10.0. The van der Waals surface area contributed by atoms with E-state index in [4.69, 9.17) is 0 Å². The van der Waals surface area contributed by atoms with Gasteiger partial charge in [0.2, 0.25) is 21.8 Å². The lowest BCUT2D eigenvalue weighted by Crippen LogP contribution is -2.45. The zero-order chi connectivity index (χ0) is 19.6. The molecule has 2 amide bonds. The highest BCUT2D eigenvalue weighted by Crippen LogP contribution is 2.38. The fraction of sp³-hybridized carbons (Fsp3) is 0.556. The summed E-state index contributed by atoms with van der Waals surface area (Å²) in [7, 11) is -3.65. The van der Waals surface area contributed by atoms with Crippen molar-refractivity contribution in [3.63, 3.8) is 0 Å². The first kappa shape index (κ1) is 20.2. The van der Waals surface area contributed by atoms with Crippen LogP contribution in [0.5, 0.6) is 0 Å². The van der Waals surface area contributed by atoms with Crippen molar-refractivity contribution in [3.05, 3.63) is 18.2 Å². The molecule has 148 valence electrons. The Bertz CT molecular complexity index is 831. The van der Waals surface area contributed by atoms with Gasteiger partial charge in [0.05, 0.1) is 10.6 Å². The van der Waals surface area contributed by atoms with E-state index in [0.29, 0.717) is 23.7 Å². The Morgan fingerprint density at radius 1 is 1.22 bits per heavy atom. The van der Waals surface area contributed by atoms with Crippen LogP contribution in [-0.4, -0.2) is 49.5 Å². The fourth-order valence-electron chi connectivity index (χ4n) is 3.25. The summed E-state index contributed by atoms with van der Waals surface area (Å²) in [6, 6.07) is 4.36. The topological polar surface area (TPSA) is 95.6 Å². The van der Waals surface area contributed by atoms with Gasteiger partial charge in [-0.25, -0.2) is 13.1 Å². The Morgan fingerprint density at radius 3 is 2.52 bits per heavy atom. The molecule has 0 spiro atoms. The summed E-state index contributed by atoms with van der Waals surface area (Å²) in [5.74, 6) is -0.559. The molecule has 0 bridgehead atoms. The van der Waals surface area contributed by atoms with E-state index in [1.807, 2.05) is 0 Å². The number of hydrogen-bond donors (Lipinski definition) is 2. The van der Waals surface area contributed by atoms with Crippen LogP contribution in [0.1, 0.15) is 39.5 Å². The monoisotopic (exact) mass is 411 g/mol. The van der Waals surface area contributed by atoms with Crippen LogP contribution in [-0.2, 0) is 19.6 Å². The van der Waals surface area contributed by atoms with E-state index in [9.17, 15) is 18.0 Å². The number of fused-ring (bicyclic) bond motifs is 1. The minimum absolute atomic E-state index is 0.0909. The van der Waals surface area contributed by atoms with Crippen LogP contribution in [0, 0.1) is 0 Å². The number of carbonyl (C=O) groups excluding carboxylic acids is 2. The molecular weight excluding hydrogens is 386 g/mol. The van der Waals surface area contributed by atoms with Gasteiger partial charge in [-0.3, -0.25) is 9.59 Å². The van der Waals surface area contributed by atoms with Crippen LogP contribution >= 0.6 is 11.8 Å². The zero-order valence-electron chi connectivity index (χ0n) is 15.5. The van der Waals surface area contributed by atoms with E-state index in [1.165, 1.54) is 23.9 Å². The zero-order valence-corrected chi connectivity index (χ0v) is 17.2. The Kier molecular flexibility index (Phi) is 6.12. The van der Waals surface area contributed by atoms with Crippen molar-refractivity contribution in [2.75, 3.05) is 18.4 Å². The van der Waals surface area contributed by atoms with Crippen molar-refractivity contribution in [2.45, 2.75) is 60.6 Å². The molecule has 0 aromatic heterocycles. The van der Waals surface area contributed by atoms with Gasteiger partial charge in [-0.2, -0.15) is 0 Å². The van der Waals surface area contributed by atoms with Gasteiger partial charge in [0, 0.05) is 24.0 Å². The Hall–Kier alpha value is -1.58. The smallest absolute Gasteiger partial charge is 0.247 e. The molecule has 2 aliphatic heterocycles. The maximum Gasteiger partial charge on any atom is 0.247 e. The average molecular weight is 412 g/mol. The highest BCUT2D eigenvalue weighted by molar-refractivity contribution is 8.01. The number of likely N-dealkylation sites (tertiary alicyclic amines) is 1. The van der Waals surface area contributed by atoms with Crippen molar-refractivity contribution in [1.82, 2.24) is 9.62 Å². The third-order valence-electron chi connectivity index (χ3n) is 4.54. The van der Waals surface area contributed by atoms with Crippen LogP contribution in [0.25, 0.3) is 0 Å². The normalized spacial score (nSPS) is 20.8. The van der Waals surface area contributed by atoms with Gasteiger partial charge in [0.25, 0.3) is 0 Å². The van der Waals surface area contributed by atoms with Gasteiger partial charge < -0.3 is 10.2 Å². The first-order valence-electron chi connectivity index (χ1n) is 9.20. The molecule has 0 unspecified atom stereocenters. The Balaban J connectivity index is 1.79. The van der Waals surface area contributed by atoms with E-state index in [0.717, 1.165) is 25.7 Å². The lowest BCUT2D eigenvalue weighted by Gasteiger charge is -2.29. The number of benzene rings is 1. The predicted molar refractivity (Wildman–Crippen MR) is 105 cm³/mol. The summed E-state index contributed by atoms with van der Waals surface area (Å²) >= 11 is 1.19. The van der Waals surface area contributed by atoms with Gasteiger partial charge in [-0.15, -0.1) is 11.8 Å². The molecule has 0 aliphatic carbocycles. The lowest BCUT2D eigenvalue weighted by molar-refractivity contribution is -0.133. The summed E-state index contributed by atoms with van der Waals surface area (Å²) in [5.41, 5.74) is 0.427. The first-order valence-corrected chi connectivity index (χ1v) is 11.6. The number of anilines is 1. The molecule has 2 aliphatic rings. The number of nitrogens with zero attached hydrogens (tertiary/aromatic N) is 1. The van der Waals surface area contributed by atoms with Gasteiger partial charge in [0.1, 0.15) is 0 Å². The molecule has 1 saturated heterocycles. The predicted octanol–water partition coefficient (Wildman–Crippen LogP) is 2.19. The second kappa shape index (κ2) is 8.20. The fourth-order valence-corrected chi connectivity index (χ4v) is 5.58. The van der Waals surface area contributed by atoms with Crippen LogP contribution in [0.2, 0.25) is 0 Å². The lowest BCUT2D eigenvalue weighted by atomic mass is 10.2. The Labute approximate surface area is 164 Å². The van der Waals surface area contributed by atoms with E-state index in [2.05, 4.69) is 10.0 Å². The van der Waals surface area contributed by atoms with Gasteiger partial charge in [0.15, 0.2) is 5.25 Å². The summed E-state index contributed by atoms with van der Waals surface area (Å²) in [5, 5.41) is 1.88. The third kappa shape index (κ3) is 4.64. The van der Waals surface area contributed by atoms with E-state index >= 15 is 0 Å².